The van der Waals surface area contributed by atoms with Crippen LogP contribution in [0.4, 0.5) is 5.69 Å². The molecule has 1 heterocycles. The Labute approximate surface area is 114 Å². The molecule has 1 unspecified atom stereocenters. The summed E-state index contributed by atoms with van der Waals surface area (Å²) in [5.74, 6) is -1.58. The normalized spacial score (nSPS) is 19.2. The topological polar surface area (TPSA) is 92.9 Å². The number of rotatable bonds is 3. The van der Waals surface area contributed by atoms with Crippen LogP contribution in [0.3, 0.4) is 0 Å². The molecule has 1 aliphatic heterocycles. The first kappa shape index (κ1) is 13.6. The molecule has 7 heteroatoms. The number of benzene rings is 1. The lowest BCUT2D eigenvalue weighted by atomic mass is 10.1. The molecular formula is C12H13ClN2O4. The van der Waals surface area contributed by atoms with E-state index in [1.165, 1.54) is 12.1 Å². The van der Waals surface area contributed by atoms with Crippen LogP contribution in [0.15, 0.2) is 18.2 Å². The van der Waals surface area contributed by atoms with Gasteiger partial charge in [0.05, 0.1) is 23.8 Å². The van der Waals surface area contributed by atoms with E-state index in [2.05, 4.69) is 0 Å². The fourth-order valence-corrected chi connectivity index (χ4v) is 2.26. The number of morpholine rings is 1. The van der Waals surface area contributed by atoms with Gasteiger partial charge in [-0.2, -0.15) is 0 Å². The monoisotopic (exact) mass is 284 g/mol. The van der Waals surface area contributed by atoms with E-state index in [1.807, 2.05) is 0 Å². The number of hydrogen-bond donors (Lipinski definition) is 2. The number of amides is 1. The summed E-state index contributed by atoms with van der Waals surface area (Å²) in [7, 11) is 0. The summed E-state index contributed by atoms with van der Waals surface area (Å²) >= 11 is 5.92. The first-order valence-corrected chi connectivity index (χ1v) is 6.05. The van der Waals surface area contributed by atoms with Crippen LogP contribution in [0.5, 0.6) is 0 Å². The molecule has 0 aromatic heterocycles. The predicted octanol–water partition coefficient (Wildman–Crippen LogP) is 0.729. The number of nitrogens with zero attached hydrogens (tertiary/aromatic N) is 1. The summed E-state index contributed by atoms with van der Waals surface area (Å²) < 4.78 is 5.22. The molecule has 1 amide bonds. The van der Waals surface area contributed by atoms with Crippen LogP contribution in [0, 0.1) is 0 Å². The van der Waals surface area contributed by atoms with Gasteiger partial charge in [-0.05, 0) is 18.2 Å². The second-order valence-electron chi connectivity index (χ2n) is 4.16. The van der Waals surface area contributed by atoms with E-state index in [1.54, 1.807) is 11.0 Å². The maximum atomic E-state index is 11.4. The van der Waals surface area contributed by atoms with Crippen molar-refractivity contribution in [2.24, 2.45) is 5.73 Å². The SMILES string of the molecule is NC(=O)C1COCCN1c1ccc(C(=O)O)c(Cl)c1. The number of primary amides is 1. The third-order valence-corrected chi connectivity index (χ3v) is 3.28. The molecule has 3 N–H and O–H groups in total. The number of carboxylic acids is 1. The minimum absolute atomic E-state index is 0.0225. The fraction of sp³-hybridized carbons (Fsp3) is 0.333. The molecule has 19 heavy (non-hydrogen) atoms. The zero-order valence-electron chi connectivity index (χ0n) is 10.0. The summed E-state index contributed by atoms with van der Waals surface area (Å²) in [6, 6.07) is 3.97. The van der Waals surface area contributed by atoms with Crippen molar-refractivity contribution >= 4 is 29.2 Å². The molecule has 0 radical (unpaired) electrons. The van der Waals surface area contributed by atoms with Gasteiger partial charge in [0.1, 0.15) is 6.04 Å². The Kier molecular flexibility index (Phi) is 3.92. The number of carboxylic acid groups (broad SMARTS) is 1. The van der Waals surface area contributed by atoms with Crippen LogP contribution in [0.2, 0.25) is 5.02 Å². The molecule has 0 spiro atoms. The fourth-order valence-electron chi connectivity index (χ4n) is 2.00. The zero-order valence-corrected chi connectivity index (χ0v) is 10.8. The third-order valence-electron chi connectivity index (χ3n) is 2.97. The molecule has 1 aromatic rings. The van der Waals surface area contributed by atoms with Crippen LogP contribution in [0.1, 0.15) is 10.4 Å². The van der Waals surface area contributed by atoms with Crippen LogP contribution in [-0.2, 0) is 9.53 Å². The van der Waals surface area contributed by atoms with Gasteiger partial charge in [-0.3, -0.25) is 4.79 Å². The number of halogens is 1. The molecule has 1 aromatic carbocycles. The van der Waals surface area contributed by atoms with E-state index in [4.69, 9.17) is 27.2 Å². The minimum atomic E-state index is -1.09. The van der Waals surface area contributed by atoms with Crippen molar-refractivity contribution in [2.45, 2.75) is 6.04 Å². The Balaban J connectivity index is 2.32. The maximum Gasteiger partial charge on any atom is 0.337 e. The van der Waals surface area contributed by atoms with E-state index in [0.29, 0.717) is 18.8 Å². The molecule has 0 bridgehead atoms. The standard InChI is InChI=1S/C12H13ClN2O4/c13-9-5-7(1-2-8(9)12(17)18)15-3-4-19-6-10(15)11(14)16/h1-2,5,10H,3-4,6H2,(H2,14,16)(H,17,18). The highest BCUT2D eigenvalue weighted by atomic mass is 35.5. The largest absolute Gasteiger partial charge is 0.478 e. The van der Waals surface area contributed by atoms with Crippen molar-refractivity contribution in [1.82, 2.24) is 0 Å². The van der Waals surface area contributed by atoms with Crippen molar-refractivity contribution in [3.05, 3.63) is 28.8 Å². The van der Waals surface area contributed by atoms with Gasteiger partial charge in [0.15, 0.2) is 0 Å². The van der Waals surface area contributed by atoms with Gasteiger partial charge >= 0.3 is 5.97 Å². The number of anilines is 1. The van der Waals surface area contributed by atoms with Crippen molar-refractivity contribution in [1.29, 1.82) is 0 Å². The first-order valence-electron chi connectivity index (χ1n) is 5.67. The highest BCUT2D eigenvalue weighted by molar-refractivity contribution is 6.33. The van der Waals surface area contributed by atoms with Gasteiger partial charge in [-0.1, -0.05) is 11.6 Å². The van der Waals surface area contributed by atoms with Crippen molar-refractivity contribution < 1.29 is 19.4 Å². The molecule has 6 nitrogen and oxygen atoms in total. The second-order valence-corrected chi connectivity index (χ2v) is 4.56. The van der Waals surface area contributed by atoms with E-state index in [0.717, 1.165) is 0 Å². The summed E-state index contributed by atoms with van der Waals surface area (Å²) in [6.45, 7) is 1.19. The van der Waals surface area contributed by atoms with Crippen LogP contribution < -0.4 is 10.6 Å². The van der Waals surface area contributed by atoms with E-state index in [-0.39, 0.29) is 17.2 Å². The average Bonchev–Trinajstić information content (AvgIpc) is 2.38. The Morgan fingerprint density at radius 2 is 2.21 bits per heavy atom. The van der Waals surface area contributed by atoms with Crippen molar-refractivity contribution in [3.8, 4) is 0 Å². The molecule has 0 aliphatic carbocycles. The van der Waals surface area contributed by atoms with Crippen LogP contribution >= 0.6 is 11.6 Å². The number of ether oxygens (including phenoxy) is 1. The Morgan fingerprint density at radius 1 is 1.47 bits per heavy atom. The van der Waals surface area contributed by atoms with E-state index >= 15 is 0 Å². The summed E-state index contributed by atoms with van der Waals surface area (Å²) in [6.07, 6.45) is 0. The number of carbonyl (C=O) groups is 2. The predicted molar refractivity (Wildman–Crippen MR) is 69.6 cm³/mol. The lowest BCUT2D eigenvalue weighted by Crippen LogP contribution is -2.52. The van der Waals surface area contributed by atoms with E-state index < -0.39 is 17.9 Å². The summed E-state index contributed by atoms with van der Waals surface area (Å²) in [5, 5.41) is 9.04. The lowest BCUT2D eigenvalue weighted by Gasteiger charge is -2.35. The zero-order chi connectivity index (χ0) is 14.0. The minimum Gasteiger partial charge on any atom is -0.478 e. The van der Waals surface area contributed by atoms with Gasteiger partial charge in [0.2, 0.25) is 5.91 Å². The summed E-state index contributed by atoms with van der Waals surface area (Å²) in [5.41, 5.74) is 6.00. The van der Waals surface area contributed by atoms with Crippen LogP contribution in [0.25, 0.3) is 0 Å². The van der Waals surface area contributed by atoms with Crippen LogP contribution in [-0.4, -0.2) is 42.8 Å². The van der Waals surface area contributed by atoms with Gasteiger partial charge in [-0.25, -0.2) is 4.79 Å². The van der Waals surface area contributed by atoms with Gasteiger partial charge in [0.25, 0.3) is 0 Å². The molecule has 1 aliphatic rings. The third kappa shape index (κ3) is 2.80. The Hall–Kier alpha value is -1.79. The highest BCUT2D eigenvalue weighted by Gasteiger charge is 2.28. The Bertz CT molecular complexity index is 520. The average molecular weight is 285 g/mol. The highest BCUT2D eigenvalue weighted by Crippen LogP contribution is 2.26. The molecule has 0 saturated carbocycles. The van der Waals surface area contributed by atoms with Gasteiger partial charge in [-0.15, -0.1) is 0 Å². The Morgan fingerprint density at radius 3 is 2.79 bits per heavy atom. The number of carbonyl (C=O) groups excluding carboxylic acids is 1. The molecule has 2 rings (SSSR count). The second kappa shape index (κ2) is 5.46. The molecule has 1 fully saturated rings. The maximum absolute atomic E-state index is 11.4. The first-order chi connectivity index (χ1) is 9.00. The molecular weight excluding hydrogens is 272 g/mol. The van der Waals surface area contributed by atoms with Gasteiger partial charge in [0, 0.05) is 12.2 Å². The number of aromatic carboxylic acids is 1. The molecule has 1 saturated heterocycles. The molecule has 1 atom stereocenters. The molecule has 102 valence electrons. The quantitative estimate of drug-likeness (QED) is 0.853. The summed E-state index contributed by atoms with van der Waals surface area (Å²) in [4.78, 5) is 24.0. The van der Waals surface area contributed by atoms with Crippen molar-refractivity contribution in [3.63, 3.8) is 0 Å². The van der Waals surface area contributed by atoms with E-state index in [9.17, 15) is 9.59 Å². The van der Waals surface area contributed by atoms with Gasteiger partial charge < -0.3 is 20.5 Å². The smallest absolute Gasteiger partial charge is 0.337 e. The number of hydrogen-bond acceptors (Lipinski definition) is 4. The van der Waals surface area contributed by atoms with Crippen molar-refractivity contribution in [2.75, 3.05) is 24.7 Å². The number of nitrogens with two attached hydrogens (primary N) is 1. The lowest BCUT2D eigenvalue weighted by molar-refractivity contribution is -0.121.